The first-order chi connectivity index (χ1) is 10.0. The second kappa shape index (κ2) is 5.26. The molecule has 1 unspecified atom stereocenters. The van der Waals surface area contributed by atoms with Gasteiger partial charge in [-0.3, -0.25) is 10.1 Å². The fourth-order valence-corrected chi connectivity index (χ4v) is 2.98. The molecule has 0 aliphatic heterocycles. The molecule has 2 aromatic rings. The Hall–Kier alpha value is -2.27. The maximum absolute atomic E-state index is 10.8. The lowest BCUT2D eigenvalue weighted by molar-refractivity contribution is -0.384. The van der Waals surface area contributed by atoms with E-state index in [-0.39, 0.29) is 16.8 Å². The van der Waals surface area contributed by atoms with E-state index in [9.17, 15) is 10.1 Å². The van der Waals surface area contributed by atoms with Crippen LogP contribution in [0.15, 0.2) is 36.4 Å². The highest BCUT2D eigenvalue weighted by atomic mass is 35.5. The van der Waals surface area contributed by atoms with Gasteiger partial charge in [0.25, 0.3) is 5.69 Å². The summed E-state index contributed by atoms with van der Waals surface area (Å²) in [6.45, 7) is 0. The highest BCUT2D eigenvalue weighted by molar-refractivity contribution is 6.32. The normalized spacial score (nSPS) is 16.5. The first-order valence-electron chi connectivity index (χ1n) is 6.63. The van der Waals surface area contributed by atoms with Crippen LogP contribution in [0.4, 0.5) is 17.1 Å². The van der Waals surface area contributed by atoms with E-state index in [0.717, 1.165) is 24.2 Å². The number of rotatable bonds is 3. The lowest BCUT2D eigenvalue weighted by Crippen LogP contribution is -2.07. The summed E-state index contributed by atoms with van der Waals surface area (Å²) in [5.41, 5.74) is 9.73. The van der Waals surface area contributed by atoms with E-state index in [1.165, 1.54) is 17.2 Å². The molecule has 21 heavy (non-hydrogen) atoms. The van der Waals surface area contributed by atoms with E-state index >= 15 is 0 Å². The third-order valence-corrected chi connectivity index (χ3v) is 4.03. The molecule has 0 amide bonds. The summed E-state index contributed by atoms with van der Waals surface area (Å²) in [4.78, 5) is 10.3. The topological polar surface area (TPSA) is 81.2 Å². The molecule has 6 heteroatoms. The molecule has 1 atom stereocenters. The maximum atomic E-state index is 10.8. The Morgan fingerprint density at radius 3 is 2.81 bits per heavy atom. The van der Waals surface area contributed by atoms with Gasteiger partial charge in [0, 0.05) is 17.4 Å². The SMILES string of the molecule is Nc1ccc2c(c1)CCC2Nc1ccc([N+](=O)[O-])c(Cl)c1. The second-order valence-corrected chi connectivity index (χ2v) is 5.52. The van der Waals surface area contributed by atoms with Crippen molar-refractivity contribution in [3.05, 3.63) is 62.7 Å². The van der Waals surface area contributed by atoms with Gasteiger partial charge in [0.05, 0.1) is 11.0 Å². The summed E-state index contributed by atoms with van der Waals surface area (Å²) in [7, 11) is 0. The fourth-order valence-electron chi connectivity index (χ4n) is 2.73. The zero-order valence-corrected chi connectivity index (χ0v) is 11.9. The summed E-state index contributed by atoms with van der Waals surface area (Å²) in [5, 5.41) is 14.3. The van der Waals surface area contributed by atoms with Gasteiger partial charge in [-0.15, -0.1) is 0 Å². The summed E-state index contributed by atoms with van der Waals surface area (Å²) < 4.78 is 0. The molecular formula is C15H14ClN3O2. The number of aryl methyl sites for hydroxylation is 1. The van der Waals surface area contributed by atoms with Crippen LogP contribution in [0.3, 0.4) is 0 Å². The van der Waals surface area contributed by atoms with Crippen molar-refractivity contribution in [1.29, 1.82) is 0 Å². The van der Waals surface area contributed by atoms with Crippen LogP contribution in [0.25, 0.3) is 0 Å². The smallest absolute Gasteiger partial charge is 0.288 e. The van der Waals surface area contributed by atoms with Gasteiger partial charge >= 0.3 is 0 Å². The molecular weight excluding hydrogens is 290 g/mol. The molecule has 1 aliphatic rings. The number of nitrogens with zero attached hydrogens (tertiary/aromatic N) is 1. The van der Waals surface area contributed by atoms with E-state index in [1.807, 2.05) is 18.2 Å². The molecule has 0 heterocycles. The Kier molecular flexibility index (Phi) is 3.43. The van der Waals surface area contributed by atoms with Crippen molar-refractivity contribution in [3.8, 4) is 0 Å². The average molecular weight is 304 g/mol. The van der Waals surface area contributed by atoms with Crippen LogP contribution in [0.5, 0.6) is 0 Å². The first-order valence-corrected chi connectivity index (χ1v) is 7.01. The third-order valence-electron chi connectivity index (χ3n) is 3.73. The van der Waals surface area contributed by atoms with E-state index in [2.05, 4.69) is 5.32 Å². The minimum Gasteiger partial charge on any atom is -0.399 e. The van der Waals surface area contributed by atoms with Gasteiger partial charge < -0.3 is 11.1 Å². The van der Waals surface area contributed by atoms with Gasteiger partial charge in [-0.2, -0.15) is 0 Å². The average Bonchev–Trinajstić information content (AvgIpc) is 2.80. The van der Waals surface area contributed by atoms with Crippen LogP contribution in [-0.2, 0) is 6.42 Å². The van der Waals surface area contributed by atoms with Crippen molar-refractivity contribution in [3.63, 3.8) is 0 Å². The summed E-state index contributed by atoms with van der Waals surface area (Å²) in [5.74, 6) is 0. The number of nitro groups is 1. The van der Waals surface area contributed by atoms with Gasteiger partial charge in [0.2, 0.25) is 0 Å². The number of nitrogen functional groups attached to an aromatic ring is 1. The standard InChI is InChI=1S/C15H14ClN3O2/c16-13-8-11(3-6-15(13)19(20)21)18-14-5-1-9-7-10(17)2-4-12(9)14/h2-4,6-8,14,18H,1,5,17H2. The number of hydrogen-bond acceptors (Lipinski definition) is 4. The van der Waals surface area contributed by atoms with Gasteiger partial charge in [-0.1, -0.05) is 17.7 Å². The Balaban J connectivity index is 1.83. The molecule has 0 spiro atoms. The van der Waals surface area contributed by atoms with Gasteiger partial charge in [-0.05, 0) is 48.2 Å². The molecule has 0 bridgehead atoms. The van der Waals surface area contributed by atoms with Crippen LogP contribution in [0, 0.1) is 10.1 Å². The third kappa shape index (κ3) is 2.64. The Bertz CT molecular complexity index is 718. The van der Waals surface area contributed by atoms with Crippen LogP contribution in [0.1, 0.15) is 23.6 Å². The zero-order chi connectivity index (χ0) is 15.0. The monoisotopic (exact) mass is 303 g/mol. The zero-order valence-electron chi connectivity index (χ0n) is 11.2. The van der Waals surface area contributed by atoms with Crippen LogP contribution in [-0.4, -0.2) is 4.92 Å². The number of halogens is 1. The summed E-state index contributed by atoms with van der Waals surface area (Å²) in [6.07, 6.45) is 1.94. The minimum atomic E-state index is -0.486. The number of anilines is 2. The number of nitro benzene ring substituents is 1. The predicted octanol–water partition coefficient (Wildman–Crippen LogP) is 3.93. The molecule has 3 rings (SSSR count). The van der Waals surface area contributed by atoms with E-state index < -0.39 is 4.92 Å². The van der Waals surface area contributed by atoms with Gasteiger partial charge in [-0.25, -0.2) is 0 Å². The Labute approximate surface area is 126 Å². The molecule has 2 aromatic carbocycles. The van der Waals surface area contributed by atoms with Crippen molar-refractivity contribution < 1.29 is 4.92 Å². The molecule has 0 aromatic heterocycles. The van der Waals surface area contributed by atoms with Crippen molar-refractivity contribution >= 4 is 28.7 Å². The number of hydrogen-bond donors (Lipinski definition) is 2. The Morgan fingerprint density at radius 2 is 2.10 bits per heavy atom. The predicted molar refractivity (Wildman–Crippen MR) is 83.6 cm³/mol. The number of benzene rings is 2. The van der Waals surface area contributed by atoms with Crippen LogP contribution in [0.2, 0.25) is 5.02 Å². The van der Waals surface area contributed by atoms with Gasteiger partial charge in [0.15, 0.2) is 0 Å². The van der Waals surface area contributed by atoms with Crippen molar-refractivity contribution in [2.24, 2.45) is 0 Å². The number of nitrogens with two attached hydrogens (primary N) is 1. The molecule has 0 radical (unpaired) electrons. The molecule has 108 valence electrons. The largest absolute Gasteiger partial charge is 0.399 e. The van der Waals surface area contributed by atoms with E-state index in [0.29, 0.717) is 0 Å². The molecule has 0 saturated carbocycles. The van der Waals surface area contributed by atoms with Gasteiger partial charge in [0.1, 0.15) is 5.02 Å². The lowest BCUT2D eigenvalue weighted by Gasteiger charge is -2.16. The second-order valence-electron chi connectivity index (χ2n) is 5.12. The van der Waals surface area contributed by atoms with Crippen LogP contribution < -0.4 is 11.1 Å². The van der Waals surface area contributed by atoms with Crippen molar-refractivity contribution in [2.75, 3.05) is 11.1 Å². The summed E-state index contributed by atoms with van der Waals surface area (Å²) >= 11 is 5.93. The highest BCUT2D eigenvalue weighted by Gasteiger charge is 2.23. The first kappa shape index (κ1) is 13.7. The Morgan fingerprint density at radius 1 is 1.29 bits per heavy atom. The number of fused-ring (bicyclic) bond motifs is 1. The maximum Gasteiger partial charge on any atom is 0.288 e. The van der Waals surface area contributed by atoms with Crippen LogP contribution >= 0.6 is 11.6 Å². The molecule has 0 saturated heterocycles. The molecule has 1 aliphatic carbocycles. The minimum absolute atomic E-state index is 0.0817. The highest BCUT2D eigenvalue weighted by Crippen LogP contribution is 2.36. The lowest BCUT2D eigenvalue weighted by atomic mass is 10.1. The molecule has 3 N–H and O–H groups in total. The fraction of sp³-hybridized carbons (Fsp3) is 0.200. The van der Waals surface area contributed by atoms with E-state index in [1.54, 1.807) is 12.1 Å². The summed E-state index contributed by atoms with van der Waals surface area (Å²) in [6, 6.07) is 10.8. The van der Waals surface area contributed by atoms with Crippen molar-refractivity contribution in [1.82, 2.24) is 0 Å². The van der Waals surface area contributed by atoms with Crippen molar-refractivity contribution in [2.45, 2.75) is 18.9 Å². The number of nitrogens with one attached hydrogen (secondary N) is 1. The molecule has 0 fully saturated rings. The quantitative estimate of drug-likeness (QED) is 0.511. The van der Waals surface area contributed by atoms with E-state index in [4.69, 9.17) is 17.3 Å². The molecule has 5 nitrogen and oxygen atoms in total.